The Morgan fingerprint density at radius 1 is 1.00 bits per heavy atom. The first-order valence-corrected chi connectivity index (χ1v) is 8.62. The van der Waals surface area contributed by atoms with Gasteiger partial charge in [0.15, 0.2) is 17.0 Å². The fourth-order valence-corrected chi connectivity index (χ4v) is 4.32. The number of fused-ring (bicyclic) bond motifs is 3. The average molecular weight is 345 g/mol. The van der Waals surface area contributed by atoms with Crippen LogP contribution in [0, 0.1) is 0 Å². The molecule has 2 aliphatic heterocycles. The van der Waals surface area contributed by atoms with E-state index >= 15 is 0 Å². The van der Waals surface area contributed by atoms with Crippen LogP contribution in [0.5, 0.6) is 0 Å². The molecule has 0 unspecified atom stereocenters. The van der Waals surface area contributed by atoms with Gasteiger partial charge in [0, 0.05) is 29.8 Å². The monoisotopic (exact) mass is 344 g/mol. The van der Waals surface area contributed by atoms with Crippen molar-refractivity contribution in [1.82, 2.24) is 18.7 Å². The van der Waals surface area contributed by atoms with Crippen molar-refractivity contribution in [1.29, 1.82) is 0 Å². The zero-order valence-electron chi connectivity index (χ0n) is 12.1. The molecule has 2 saturated heterocycles. The van der Waals surface area contributed by atoms with Gasteiger partial charge in [0.05, 0.1) is 17.8 Å². The second-order valence-corrected chi connectivity index (χ2v) is 6.92. The van der Waals surface area contributed by atoms with Crippen molar-refractivity contribution in [2.24, 2.45) is 0 Å². The maximum absolute atomic E-state index is 5.99. The number of anilines is 2. The molecule has 0 aliphatic carbocycles. The van der Waals surface area contributed by atoms with Crippen molar-refractivity contribution in [3.05, 3.63) is 35.6 Å². The lowest BCUT2D eigenvalue weighted by Gasteiger charge is -2.36. The quantitative estimate of drug-likeness (QED) is 0.712. The number of piperazine rings is 1. The van der Waals surface area contributed by atoms with E-state index in [1.165, 1.54) is 17.4 Å². The lowest BCUT2D eigenvalue weighted by atomic mass is 10.2. The molecule has 0 saturated carbocycles. The fraction of sp³-hybridized carbons (Fsp3) is 0.333. The average Bonchev–Trinajstić information content (AvgIpc) is 3.29. The van der Waals surface area contributed by atoms with Gasteiger partial charge in [-0.25, -0.2) is 9.97 Å². The SMILES string of the molecule is Clc1ccc(N2C[C@H]3C[C@H]2CN3c2ncnc3nsnc23)cc1. The van der Waals surface area contributed by atoms with Crippen LogP contribution >= 0.6 is 23.3 Å². The Bertz CT molecular complexity index is 866. The summed E-state index contributed by atoms with van der Waals surface area (Å²) >= 11 is 7.19. The third-order valence-corrected chi connectivity index (χ3v) is 5.48. The summed E-state index contributed by atoms with van der Waals surface area (Å²) in [6, 6.07) is 9.06. The lowest BCUT2D eigenvalue weighted by molar-refractivity contribution is 0.642. The summed E-state index contributed by atoms with van der Waals surface area (Å²) in [6.45, 7) is 1.95. The van der Waals surface area contributed by atoms with Crippen molar-refractivity contribution in [2.45, 2.75) is 18.5 Å². The zero-order valence-corrected chi connectivity index (χ0v) is 13.7. The van der Waals surface area contributed by atoms with Crippen molar-refractivity contribution in [3.63, 3.8) is 0 Å². The molecule has 23 heavy (non-hydrogen) atoms. The highest BCUT2D eigenvalue weighted by Gasteiger charge is 2.44. The maximum atomic E-state index is 5.99. The molecule has 2 atom stereocenters. The molecule has 0 amide bonds. The summed E-state index contributed by atoms with van der Waals surface area (Å²) in [5.41, 5.74) is 2.75. The van der Waals surface area contributed by atoms with Gasteiger partial charge in [-0.1, -0.05) is 11.6 Å². The predicted molar refractivity (Wildman–Crippen MR) is 91.3 cm³/mol. The van der Waals surface area contributed by atoms with Crippen LogP contribution in [0.4, 0.5) is 11.5 Å². The Kier molecular flexibility index (Phi) is 2.93. The zero-order chi connectivity index (χ0) is 15.4. The van der Waals surface area contributed by atoms with Gasteiger partial charge in [-0.15, -0.1) is 0 Å². The summed E-state index contributed by atoms with van der Waals surface area (Å²) in [4.78, 5) is 13.5. The van der Waals surface area contributed by atoms with Gasteiger partial charge in [-0.05, 0) is 30.7 Å². The van der Waals surface area contributed by atoms with Crippen LogP contribution in [0.1, 0.15) is 6.42 Å². The minimum Gasteiger partial charge on any atom is -0.365 e. The molecule has 2 fully saturated rings. The Hall–Kier alpha value is -1.99. The van der Waals surface area contributed by atoms with Gasteiger partial charge >= 0.3 is 0 Å². The van der Waals surface area contributed by atoms with E-state index in [1.54, 1.807) is 6.33 Å². The van der Waals surface area contributed by atoms with Crippen molar-refractivity contribution in [3.8, 4) is 0 Å². The summed E-state index contributed by atoms with van der Waals surface area (Å²) < 4.78 is 8.58. The highest BCUT2D eigenvalue weighted by Crippen LogP contribution is 2.38. The van der Waals surface area contributed by atoms with Gasteiger partial charge in [0.2, 0.25) is 0 Å². The number of hydrogen-bond acceptors (Lipinski definition) is 7. The third kappa shape index (κ3) is 2.07. The van der Waals surface area contributed by atoms with Gasteiger partial charge in [0.25, 0.3) is 0 Å². The molecule has 0 radical (unpaired) electrons. The van der Waals surface area contributed by atoms with Crippen LogP contribution < -0.4 is 9.80 Å². The minimum atomic E-state index is 0.454. The molecule has 8 heteroatoms. The number of aromatic nitrogens is 4. The lowest BCUT2D eigenvalue weighted by Crippen LogP contribution is -2.47. The third-order valence-electron chi connectivity index (χ3n) is 4.71. The van der Waals surface area contributed by atoms with Crippen molar-refractivity contribution in [2.75, 3.05) is 22.9 Å². The largest absolute Gasteiger partial charge is 0.365 e. The fourth-order valence-electron chi connectivity index (χ4n) is 3.69. The molecule has 0 spiro atoms. The maximum Gasteiger partial charge on any atom is 0.198 e. The first-order valence-electron chi connectivity index (χ1n) is 7.52. The van der Waals surface area contributed by atoms with Crippen LogP contribution in [0.2, 0.25) is 5.02 Å². The number of benzene rings is 1. The van der Waals surface area contributed by atoms with Crippen molar-refractivity contribution >= 4 is 46.0 Å². The molecule has 2 bridgehead atoms. The number of halogens is 1. The highest BCUT2D eigenvalue weighted by molar-refractivity contribution is 7.00. The van der Waals surface area contributed by atoms with Gasteiger partial charge < -0.3 is 9.80 Å². The molecular formula is C15H13ClN6S. The summed E-state index contributed by atoms with van der Waals surface area (Å²) in [6.07, 6.45) is 2.73. The van der Waals surface area contributed by atoms with Crippen LogP contribution in [0.15, 0.2) is 30.6 Å². The number of hydrogen-bond donors (Lipinski definition) is 0. The standard InChI is InChI=1S/C15H13ClN6S/c16-9-1-3-10(4-2-9)21-6-12-5-11(21)7-22(12)15-13-14(17-8-18-15)20-23-19-13/h1-4,8,11-12H,5-7H2/t11-,12+/m0/s1. The molecule has 0 N–H and O–H groups in total. The van der Waals surface area contributed by atoms with Crippen molar-refractivity contribution < 1.29 is 0 Å². The van der Waals surface area contributed by atoms with Crippen LogP contribution in [0.3, 0.4) is 0 Å². The topological polar surface area (TPSA) is 58.0 Å². The molecule has 6 nitrogen and oxygen atoms in total. The number of rotatable bonds is 2. The van der Waals surface area contributed by atoms with Gasteiger partial charge in [-0.2, -0.15) is 8.75 Å². The normalized spacial score (nSPS) is 23.2. The minimum absolute atomic E-state index is 0.454. The molecule has 2 aliphatic rings. The Morgan fingerprint density at radius 3 is 2.57 bits per heavy atom. The summed E-state index contributed by atoms with van der Waals surface area (Å²) in [5, 5.41) is 0.777. The van der Waals surface area contributed by atoms with E-state index in [0.29, 0.717) is 17.7 Å². The molecule has 4 heterocycles. The number of nitrogens with zero attached hydrogens (tertiary/aromatic N) is 6. The Balaban J connectivity index is 1.44. The summed E-state index contributed by atoms with van der Waals surface area (Å²) in [7, 11) is 0. The van der Waals surface area contributed by atoms with E-state index in [1.807, 2.05) is 12.1 Å². The van der Waals surface area contributed by atoms with E-state index in [-0.39, 0.29) is 0 Å². The molecule has 2 aromatic heterocycles. The second kappa shape index (κ2) is 5.01. The summed E-state index contributed by atoms with van der Waals surface area (Å²) in [5.74, 6) is 0.923. The smallest absolute Gasteiger partial charge is 0.198 e. The molecule has 1 aromatic carbocycles. The van der Waals surface area contributed by atoms with Gasteiger partial charge in [0.1, 0.15) is 6.33 Å². The van der Waals surface area contributed by atoms with E-state index in [0.717, 1.165) is 35.9 Å². The van der Waals surface area contributed by atoms with Crippen LogP contribution in [-0.2, 0) is 0 Å². The predicted octanol–water partition coefficient (Wildman–Crippen LogP) is 2.60. The van der Waals surface area contributed by atoms with Crippen LogP contribution in [-0.4, -0.2) is 43.9 Å². The van der Waals surface area contributed by atoms with E-state index in [9.17, 15) is 0 Å². The van der Waals surface area contributed by atoms with Gasteiger partial charge in [-0.3, -0.25) is 0 Å². The first kappa shape index (κ1) is 13.4. The Labute approximate surface area is 142 Å². The van der Waals surface area contributed by atoms with E-state index < -0.39 is 0 Å². The van der Waals surface area contributed by atoms with E-state index in [2.05, 4.69) is 40.6 Å². The first-order chi connectivity index (χ1) is 11.3. The second-order valence-electron chi connectivity index (χ2n) is 5.96. The Morgan fingerprint density at radius 2 is 1.78 bits per heavy atom. The molecule has 116 valence electrons. The van der Waals surface area contributed by atoms with Crippen LogP contribution in [0.25, 0.3) is 11.2 Å². The molecule has 5 rings (SSSR count). The van der Waals surface area contributed by atoms with E-state index in [4.69, 9.17) is 11.6 Å². The molecular weight excluding hydrogens is 332 g/mol. The molecule has 3 aromatic rings. The highest BCUT2D eigenvalue weighted by atomic mass is 35.5.